The maximum atomic E-state index is 12.4. The second-order valence-corrected chi connectivity index (χ2v) is 7.35. The summed E-state index contributed by atoms with van der Waals surface area (Å²) in [5.74, 6) is 1.25. The Morgan fingerprint density at radius 3 is 2.74 bits per heavy atom. The molecule has 0 aliphatic rings. The van der Waals surface area contributed by atoms with E-state index < -0.39 is 0 Å². The number of nitrogens with one attached hydrogen (secondary N) is 1. The van der Waals surface area contributed by atoms with Gasteiger partial charge in [0.05, 0.1) is 12.0 Å². The molecule has 0 saturated heterocycles. The van der Waals surface area contributed by atoms with Crippen molar-refractivity contribution in [2.75, 3.05) is 7.11 Å². The van der Waals surface area contributed by atoms with E-state index in [9.17, 15) is 4.79 Å². The summed E-state index contributed by atoms with van der Waals surface area (Å²) in [7, 11) is 1.62. The standard InChI is InChI=1S/C21H20ClNO3S/c1-14-7-8-18(19(9-14)25-2)26-12-15-10-20(27-13-15)21(24)23-11-16-5-3-4-6-17(16)22/h3-10,13H,11-12H2,1-2H3,(H,23,24). The van der Waals surface area contributed by atoms with Gasteiger partial charge in [-0.05, 0) is 47.7 Å². The maximum absolute atomic E-state index is 12.4. The molecule has 0 fully saturated rings. The normalized spacial score (nSPS) is 10.5. The number of ether oxygens (including phenoxy) is 2. The Bertz CT molecular complexity index is 939. The maximum Gasteiger partial charge on any atom is 0.261 e. The molecule has 6 heteroatoms. The van der Waals surface area contributed by atoms with Gasteiger partial charge in [-0.2, -0.15) is 0 Å². The molecule has 0 saturated carbocycles. The first-order valence-electron chi connectivity index (χ1n) is 8.43. The summed E-state index contributed by atoms with van der Waals surface area (Å²) in [6.07, 6.45) is 0. The Morgan fingerprint density at radius 1 is 1.15 bits per heavy atom. The number of thiophene rings is 1. The van der Waals surface area contributed by atoms with E-state index in [0.29, 0.717) is 34.6 Å². The lowest BCUT2D eigenvalue weighted by Crippen LogP contribution is -2.21. The molecule has 3 aromatic rings. The number of hydrogen-bond acceptors (Lipinski definition) is 4. The molecule has 2 aromatic carbocycles. The van der Waals surface area contributed by atoms with E-state index in [-0.39, 0.29) is 5.91 Å². The van der Waals surface area contributed by atoms with Crippen molar-refractivity contribution in [3.8, 4) is 11.5 Å². The number of amides is 1. The quantitative estimate of drug-likeness (QED) is 0.589. The molecular weight excluding hydrogens is 382 g/mol. The highest BCUT2D eigenvalue weighted by molar-refractivity contribution is 7.12. The van der Waals surface area contributed by atoms with Gasteiger partial charge in [0, 0.05) is 17.1 Å². The average Bonchev–Trinajstić information content (AvgIpc) is 3.15. The van der Waals surface area contributed by atoms with Crippen LogP contribution in [-0.2, 0) is 13.2 Å². The van der Waals surface area contributed by atoms with E-state index in [1.165, 1.54) is 11.3 Å². The zero-order valence-corrected chi connectivity index (χ0v) is 16.7. The minimum absolute atomic E-state index is 0.126. The van der Waals surface area contributed by atoms with Gasteiger partial charge >= 0.3 is 0 Å². The minimum atomic E-state index is -0.126. The summed E-state index contributed by atoms with van der Waals surface area (Å²) in [5.41, 5.74) is 2.93. The van der Waals surface area contributed by atoms with Crippen molar-refractivity contribution in [1.82, 2.24) is 5.32 Å². The molecule has 4 nitrogen and oxygen atoms in total. The third kappa shape index (κ3) is 5.02. The van der Waals surface area contributed by atoms with Crippen molar-refractivity contribution < 1.29 is 14.3 Å². The number of benzene rings is 2. The number of methoxy groups -OCH3 is 1. The predicted octanol–water partition coefficient (Wildman–Crippen LogP) is 5.23. The zero-order chi connectivity index (χ0) is 19.2. The fourth-order valence-electron chi connectivity index (χ4n) is 2.53. The van der Waals surface area contributed by atoms with Crippen LogP contribution < -0.4 is 14.8 Å². The SMILES string of the molecule is COc1cc(C)ccc1OCc1csc(C(=O)NCc2ccccc2Cl)c1. The molecule has 1 aromatic heterocycles. The Kier molecular flexibility index (Phi) is 6.37. The molecule has 1 amide bonds. The largest absolute Gasteiger partial charge is 0.493 e. The van der Waals surface area contributed by atoms with Crippen molar-refractivity contribution in [3.63, 3.8) is 0 Å². The Balaban J connectivity index is 1.58. The molecule has 0 spiro atoms. The van der Waals surface area contributed by atoms with Gasteiger partial charge in [0.1, 0.15) is 6.61 Å². The van der Waals surface area contributed by atoms with Gasteiger partial charge in [-0.15, -0.1) is 11.3 Å². The van der Waals surface area contributed by atoms with Crippen LogP contribution >= 0.6 is 22.9 Å². The number of carbonyl (C=O) groups excluding carboxylic acids is 1. The molecule has 0 aliphatic carbocycles. The topological polar surface area (TPSA) is 47.6 Å². The summed E-state index contributed by atoms with van der Waals surface area (Å²) < 4.78 is 11.2. The zero-order valence-electron chi connectivity index (χ0n) is 15.1. The third-order valence-corrected chi connectivity index (χ3v) is 5.33. The molecule has 140 valence electrons. The summed E-state index contributed by atoms with van der Waals surface area (Å²) in [4.78, 5) is 13.0. The first kappa shape index (κ1) is 19.3. The first-order chi connectivity index (χ1) is 13.1. The Morgan fingerprint density at radius 2 is 1.96 bits per heavy atom. The number of hydrogen-bond donors (Lipinski definition) is 1. The van der Waals surface area contributed by atoms with Crippen LogP contribution in [0.15, 0.2) is 53.9 Å². The lowest BCUT2D eigenvalue weighted by atomic mass is 10.2. The van der Waals surface area contributed by atoms with E-state index in [2.05, 4.69) is 5.32 Å². The van der Waals surface area contributed by atoms with Crippen LogP contribution in [0.25, 0.3) is 0 Å². The summed E-state index contributed by atoms with van der Waals surface area (Å²) in [6, 6.07) is 15.1. The highest BCUT2D eigenvalue weighted by Gasteiger charge is 2.11. The summed E-state index contributed by atoms with van der Waals surface area (Å²) in [6.45, 7) is 2.76. The number of halogens is 1. The van der Waals surface area contributed by atoms with Crippen molar-refractivity contribution in [2.24, 2.45) is 0 Å². The van der Waals surface area contributed by atoms with Crippen LogP contribution in [-0.4, -0.2) is 13.0 Å². The van der Waals surface area contributed by atoms with Crippen LogP contribution in [0.2, 0.25) is 5.02 Å². The average molecular weight is 402 g/mol. The first-order valence-corrected chi connectivity index (χ1v) is 9.69. The van der Waals surface area contributed by atoms with Crippen LogP contribution in [0.3, 0.4) is 0 Å². The van der Waals surface area contributed by atoms with E-state index in [4.69, 9.17) is 21.1 Å². The van der Waals surface area contributed by atoms with E-state index >= 15 is 0 Å². The molecular formula is C21H20ClNO3S. The van der Waals surface area contributed by atoms with Crippen molar-refractivity contribution in [2.45, 2.75) is 20.1 Å². The second kappa shape index (κ2) is 8.93. The number of rotatable bonds is 7. The van der Waals surface area contributed by atoms with Crippen molar-refractivity contribution in [1.29, 1.82) is 0 Å². The number of carbonyl (C=O) groups is 1. The van der Waals surface area contributed by atoms with Gasteiger partial charge < -0.3 is 14.8 Å². The Labute approximate surface area is 167 Å². The minimum Gasteiger partial charge on any atom is -0.493 e. The molecule has 3 rings (SSSR count). The molecule has 0 radical (unpaired) electrons. The van der Waals surface area contributed by atoms with Crippen molar-refractivity contribution in [3.05, 3.63) is 80.5 Å². The van der Waals surface area contributed by atoms with Crippen LogP contribution in [0.1, 0.15) is 26.4 Å². The molecule has 0 unspecified atom stereocenters. The van der Waals surface area contributed by atoms with Gasteiger partial charge in [-0.3, -0.25) is 4.79 Å². The second-order valence-electron chi connectivity index (χ2n) is 6.04. The van der Waals surface area contributed by atoms with Gasteiger partial charge in [0.15, 0.2) is 11.5 Å². The fraction of sp³-hybridized carbons (Fsp3) is 0.190. The molecule has 1 heterocycles. The van der Waals surface area contributed by atoms with Crippen LogP contribution in [0.4, 0.5) is 0 Å². The Hall–Kier alpha value is -2.50. The monoisotopic (exact) mass is 401 g/mol. The molecule has 0 bridgehead atoms. The smallest absolute Gasteiger partial charge is 0.261 e. The van der Waals surface area contributed by atoms with Gasteiger partial charge in [-0.1, -0.05) is 35.9 Å². The summed E-state index contributed by atoms with van der Waals surface area (Å²) >= 11 is 7.50. The highest BCUT2D eigenvalue weighted by Crippen LogP contribution is 2.29. The highest BCUT2D eigenvalue weighted by atomic mass is 35.5. The van der Waals surface area contributed by atoms with E-state index in [1.54, 1.807) is 7.11 Å². The predicted molar refractivity (Wildman–Crippen MR) is 109 cm³/mol. The molecule has 27 heavy (non-hydrogen) atoms. The van der Waals surface area contributed by atoms with Gasteiger partial charge in [-0.25, -0.2) is 0 Å². The van der Waals surface area contributed by atoms with Gasteiger partial charge in [0.2, 0.25) is 0 Å². The molecule has 1 N–H and O–H groups in total. The van der Waals surface area contributed by atoms with Crippen LogP contribution in [0.5, 0.6) is 11.5 Å². The molecule has 0 atom stereocenters. The van der Waals surface area contributed by atoms with Crippen LogP contribution in [0, 0.1) is 6.92 Å². The van der Waals surface area contributed by atoms with Gasteiger partial charge in [0.25, 0.3) is 5.91 Å². The molecule has 0 aliphatic heterocycles. The lowest BCUT2D eigenvalue weighted by molar-refractivity contribution is 0.0955. The fourth-order valence-corrected chi connectivity index (χ4v) is 3.55. The lowest BCUT2D eigenvalue weighted by Gasteiger charge is -2.10. The van der Waals surface area contributed by atoms with E-state index in [1.807, 2.05) is 60.8 Å². The number of aryl methyl sites for hydroxylation is 1. The summed E-state index contributed by atoms with van der Waals surface area (Å²) in [5, 5.41) is 5.46. The third-order valence-electron chi connectivity index (χ3n) is 3.99. The van der Waals surface area contributed by atoms with E-state index in [0.717, 1.165) is 16.7 Å². The van der Waals surface area contributed by atoms with Crippen molar-refractivity contribution >= 4 is 28.8 Å².